The van der Waals surface area contributed by atoms with Crippen molar-refractivity contribution in [1.82, 2.24) is 4.90 Å². The molecule has 12 heavy (non-hydrogen) atoms. The fourth-order valence-electron chi connectivity index (χ4n) is 2.36. The fraction of sp³-hybridized carbons (Fsp3) is 0.889. The minimum Gasteiger partial charge on any atom is -0.393 e. The summed E-state index contributed by atoms with van der Waals surface area (Å²) in [6.45, 7) is 3.66. The molecule has 0 aromatic heterocycles. The van der Waals surface area contributed by atoms with Crippen LogP contribution in [0.1, 0.15) is 26.2 Å². The highest BCUT2D eigenvalue weighted by Crippen LogP contribution is 2.48. The Hall–Kier alpha value is -0.570. The lowest BCUT2D eigenvalue weighted by Crippen LogP contribution is -2.64. The smallest absolute Gasteiger partial charge is 0.222 e. The zero-order chi connectivity index (χ0) is 8.77. The minimum atomic E-state index is -0.0936. The molecule has 1 saturated carbocycles. The van der Waals surface area contributed by atoms with Crippen LogP contribution in [0.4, 0.5) is 0 Å². The highest BCUT2D eigenvalue weighted by molar-refractivity contribution is 5.77. The predicted octanol–water partition coefficient (Wildman–Crippen LogP) is 0.380. The van der Waals surface area contributed by atoms with Crippen LogP contribution >= 0.6 is 0 Å². The number of aliphatic hydroxyl groups excluding tert-OH is 1. The van der Waals surface area contributed by atoms with Gasteiger partial charge in [-0.1, -0.05) is 6.92 Å². The first-order chi connectivity index (χ1) is 5.65. The van der Waals surface area contributed by atoms with Crippen molar-refractivity contribution in [1.29, 1.82) is 0 Å². The second-order valence-corrected chi connectivity index (χ2v) is 4.17. The normalized spacial score (nSPS) is 26.7. The first-order valence-electron chi connectivity index (χ1n) is 4.61. The number of nitrogens with zero attached hydrogens (tertiary/aromatic N) is 1. The number of aliphatic hydroxyl groups is 1. The molecule has 1 spiro atoms. The van der Waals surface area contributed by atoms with Gasteiger partial charge in [-0.05, 0) is 12.8 Å². The molecule has 0 aromatic carbocycles. The second kappa shape index (κ2) is 2.46. The average Bonchev–Trinajstić information content (AvgIpc) is 1.92. The maximum Gasteiger partial charge on any atom is 0.222 e. The molecule has 3 nitrogen and oxygen atoms in total. The van der Waals surface area contributed by atoms with Crippen LogP contribution in [0.2, 0.25) is 0 Å². The van der Waals surface area contributed by atoms with Crippen LogP contribution in [0.5, 0.6) is 0 Å². The van der Waals surface area contributed by atoms with Gasteiger partial charge in [-0.2, -0.15) is 0 Å². The molecule has 0 atom stereocenters. The standard InChI is InChI=1S/C9H15NO2/c1-2-8(12)10-5-9(6-10)3-7(11)4-9/h7,11H,2-6H2,1H3. The van der Waals surface area contributed by atoms with Crippen LogP contribution in [-0.4, -0.2) is 35.1 Å². The summed E-state index contributed by atoms with van der Waals surface area (Å²) in [4.78, 5) is 13.1. The molecular weight excluding hydrogens is 154 g/mol. The third-order valence-electron chi connectivity index (χ3n) is 3.04. The molecule has 0 unspecified atom stereocenters. The van der Waals surface area contributed by atoms with E-state index < -0.39 is 0 Å². The van der Waals surface area contributed by atoms with Crippen LogP contribution in [0.15, 0.2) is 0 Å². The Kier molecular flexibility index (Phi) is 1.65. The Morgan fingerprint density at radius 1 is 1.58 bits per heavy atom. The van der Waals surface area contributed by atoms with Crippen molar-refractivity contribution in [2.75, 3.05) is 13.1 Å². The second-order valence-electron chi connectivity index (χ2n) is 4.17. The zero-order valence-electron chi connectivity index (χ0n) is 7.42. The number of likely N-dealkylation sites (tertiary alicyclic amines) is 1. The lowest BCUT2D eigenvalue weighted by molar-refractivity contribution is -0.162. The zero-order valence-corrected chi connectivity index (χ0v) is 7.42. The monoisotopic (exact) mass is 169 g/mol. The molecule has 1 amide bonds. The van der Waals surface area contributed by atoms with Gasteiger partial charge in [0.1, 0.15) is 0 Å². The predicted molar refractivity (Wildman–Crippen MR) is 44.5 cm³/mol. The van der Waals surface area contributed by atoms with Crippen molar-refractivity contribution in [3.05, 3.63) is 0 Å². The molecule has 1 saturated heterocycles. The Labute approximate surface area is 72.4 Å². The Morgan fingerprint density at radius 2 is 2.17 bits per heavy atom. The van der Waals surface area contributed by atoms with Crippen molar-refractivity contribution in [2.45, 2.75) is 32.3 Å². The quantitative estimate of drug-likeness (QED) is 0.616. The molecule has 1 N–H and O–H groups in total. The fourth-order valence-corrected chi connectivity index (χ4v) is 2.36. The highest BCUT2D eigenvalue weighted by Gasteiger charge is 2.52. The van der Waals surface area contributed by atoms with E-state index in [-0.39, 0.29) is 12.0 Å². The van der Waals surface area contributed by atoms with Gasteiger partial charge in [0.2, 0.25) is 5.91 Å². The maximum absolute atomic E-state index is 11.2. The minimum absolute atomic E-state index is 0.0936. The Bertz CT molecular complexity index is 201. The van der Waals surface area contributed by atoms with E-state index in [9.17, 15) is 4.79 Å². The van der Waals surface area contributed by atoms with Crippen LogP contribution in [0.3, 0.4) is 0 Å². The third-order valence-corrected chi connectivity index (χ3v) is 3.04. The largest absolute Gasteiger partial charge is 0.393 e. The third kappa shape index (κ3) is 1.04. The van der Waals surface area contributed by atoms with Crippen molar-refractivity contribution in [3.63, 3.8) is 0 Å². The average molecular weight is 169 g/mol. The van der Waals surface area contributed by atoms with E-state index in [2.05, 4.69) is 0 Å². The lowest BCUT2D eigenvalue weighted by Gasteiger charge is -2.57. The molecule has 1 aliphatic heterocycles. The van der Waals surface area contributed by atoms with E-state index >= 15 is 0 Å². The van der Waals surface area contributed by atoms with Crippen molar-refractivity contribution >= 4 is 5.91 Å². The molecule has 0 bridgehead atoms. The first-order valence-corrected chi connectivity index (χ1v) is 4.61. The summed E-state index contributed by atoms with van der Waals surface area (Å²) < 4.78 is 0. The highest BCUT2D eigenvalue weighted by atomic mass is 16.3. The van der Waals surface area contributed by atoms with Crippen LogP contribution < -0.4 is 0 Å². The van der Waals surface area contributed by atoms with Crippen LogP contribution in [0, 0.1) is 5.41 Å². The number of carbonyl (C=O) groups is 1. The van der Waals surface area contributed by atoms with Gasteiger partial charge < -0.3 is 10.0 Å². The summed E-state index contributed by atoms with van der Waals surface area (Å²) in [5.74, 6) is 0.252. The van der Waals surface area contributed by atoms with Gasteiger partial charge in [0.15, 0.2) is 0 Å². The van der Waals surface area contributed by atoms with Gasteiger partial charge in [0.05, 0.1) is 6.10 Å². The first kappa shape index (κ1) is 8.05. The molecule has 0 aromatic rings. The molecule has 3 heteroatoms. The van der Waals surface area contributed by atoms with E-state index in [4.69, 9.17) is 5.11 Å². The number of amides is 1. The molecule has 1 heterocycles. The number of hydrogen-bond donors (Lipinski definition) is 1. The number of rotatable bonds is 1. The van der Waals surface area contributed by atoms with Gasteiger partial charge in [-0.3, -0.25) is 4.79 Å². The Balaban J connectivity index is 1.81. The number of hydrogen-bond acceptors (Lipinski definition) is 2. The maximum atomic E-state index is 11.2. The van der Waals surface area contributed by atoms with Crippen LogP contribution in [0.25, 0.3) is 0 Å². The molecule has 2 aliphatic rings. The van der Waals surface area contributed by atoms with E-state index in [1.54, 1.807) is 0 Å². The topological polar surface area (TPSA) is 40.5 Å². The van der Waals surface area contributed by atoms with E-state index in [0.29, 0.717) is 11.8 Å². The summed E-state index contributed by atoms with van der Waals surface area (Å²) in [6, 6.07) is 0. The molecule has 2 rings (SSSR count). The van der Waals surface area contributed by atoms with Gasteiger partial charge in [-0.15, -0.1) is 0 Å². The summed E-state index contributed by atoms with van der Waals surface area (Å²) in [7, 11) is 0. The molecule has 68 valence electrons. The SMILES string of the molecule is CCC(=O)N1CC2(CC(O)C2)C1. The van der Waals surface area contributed by atoms with Crippen molar-refractivity contribution in [2.24, 2.45) is 5.41 Å². The van der Waals surface area contributed by atoms with Crippen molar-refractivity contribution < 1.29 is 9.90 Å². The van der Waals surface area contributed by atoms with Crippen molar-refractivity contribution in [3.8, 4) is 0 Å². The lowest BCUT2D eigenvalue weighted by atomic mass is 9.62. The van der Waals surface area contributed by atoms with E-state index in [0.717, 1.165) is 25.9 Å². The summed E-state index contributed by atoms with van der Waals surface area (Å²) >= 11 is 0. The summed E-state index contributed by atoms with van der Waals surface area (Å²) in [6.07, 6.45) is 2.32. The van der Waals surface area contributed by atoms with E-state index in [1.165, 1.54) is 0 Å². The van der Waals surface area contributed by atoms with Gasteiger partial charge in [-0.25, -0.2) is 0 Å². The van der Waals surface area contributed by atoms with Gasteiger partial charge >= 0.3 is 0 Å². The number of carbonyl (C=O) groups excluding carboxylic acids is 1. The summed E-state index contributed by atoms with van der Waals surface area (Å²) in [5.41, 5.74) is 0.324. The molecular formula is C9H15NO2. The molecule has 2 fully saturated rings. The molecule has 0 radical (unpaired) electrons. The van der Waals surface area contributed by atoms with E-state index in [1.807, 2.05) is 11.8 Å². The molecule has 1 aliphatic carbocycles. The van der Waals surface area contributed by atoms with Gasteiger partial charge in [0, 0.05) is 24.9 Å². The van der Waals surface area contributed by atoms with Gasteiger partial charge in [0.25, 0.3) is 0 Å². The Morgan fingerprint density at radius 3 is 2.58 bits per heavy atom. The summed E-state index contributed by atoms with van der Waals surface area (Å²) in [5, 5.41) is 9.13. The van der Waals surface area contributed by atoms with Crippen LogP contribution in [-0.2, 0) is 4.79 Å².